The van der Waals surface area contributed by atoms with Gasteiger partial charge in [0.1, 0.15) is 17.2 Å². The molecule has 14 nitrogen and oxygen atoms in total. The summed E-state index contributed by atoms with van der Waals surface area (Å²) in [4.78, 5) is 55.9. The third-order valence-corrected chi connectivity index (χ3v) is 5.78. The van der Waals surface area contributed by atoms with Gasteiger partial charge >= 0.3 is 23.9 Å². The first-order valence-electron chi connectivity index (χ1n) is 14.0. The SMILES string of the molecule is CC(C)(C)Cn1c(N)nc2ccc(-c3[nH]c(C(C)(C)C)nc3-c3ccc(F)cc3)nc21.O=C(O)/C=C\C(=O)O.O=C(O)/C=C\C(=O)O. The number of nitrogens with two attached hydrogens (primary N) is 1. The molecule has 0 amide bonds. The van der Waals surface area contributed by atoms with Gasteiger partial charge < -0.3 is 31.1 Å². The van der Waals surface area contributed by atoms with Crippen LogP contribution < -0.4 is 5.73 Å². The highest BCUT2D eigenvalue weighted by molar-refractivity contribution is 5.90. The molecule has 0 bridgehead atoms. The Morgan fingerprint density at radius 3 is 1.70 bits per heavy atom. The average molecular weight is 653 g/mol. The van der Waals surface area contributed by atoms with E-state index in [-0.39, 0.29) is 16.6 Å². The Bertz CT molecular complexity index is 1740. The minimum atomic E-state index is -1.26. The number of anilines is 1. The number of carboxylic acids is 4. The maximum Gasteiger partial charge on any atom is 0.328 e. The van der Waals surface area contributed by atoms with Crippen LogP contribution in [-0.2, 0) is 31.1 Å². The quantitative estimate of drug-likeness (QED) is 0.145. The van der Waals surface area contributed by atoms with Gasteiger partial charge in [-0.1, -0.05) is 41.5 Å². The number of imidazole rings is 2. The molecule has 0 aliphatic heterocycles. The molecule has 1 aromatic carbocycles. The molecule has 0 spiro atoms. The Balaban J connectivity index is 0.000000397. The van der Waals surface area contributed by atoms with Crippen LogP contribution in [0, 0.1) is 11.2 Å². The summed E-state index contributed by atoms with van der Waals surface area (Å²) in [5, 5.41) is 31.2. The van der Waals surface area contributed by atoms with Gasteiger partial charge in [-0.15, -0.1) is 0 Å². The van der Waals surface area contributed by atoms with Gasteiger partial charge in [0, 0.05) is 41.8 Å². The zero-order chi connectivity index (χ0) is 35.7. The van der Waals surface area contributed by atoms with E-state index < -0.39 is 23.9 Å². The van der Waals surface area contributed by atoms with Gasteiger partial charge in [0.15, 0.2) is 5.65 Å². The molecule has 0 unspecified atom stereocenters. The molecular formula is C32H37FN6O8. The van der Waals surface area contributed by atoms with E-state index >= 15 is 0 Å². The van der Waals surface area contributed by atoms with E-state index in [1.54, 1.807) is 12.1 Å². The molecule has 0 saturated carbocycles. The number of pyridine rings is 1. The molecule has 15 heteroatoms. The second kappa shape index (κ2) is 15.4. The summed E-state index contributed by atoms with van der Waals surface area (Å²) in [6, 6.07) is 10.2. The molecule has 3 aromatic heterocycles. The number of aromatic amines is 1. The fraction of sp³-hybridized carbons (Fsp3) is 0.281. The summed E-state index contributed by atoms with van der Waals surface area (Å²) in [7, 11) is 0. The molecule has 250 valence electrons. The van der Waals surface area contributed by atoms with Gasteiger partial charge in [-0.2, -0.15) is 0 Å². The van der Waals surface area contributed by atoms with Crippen LogP contribution >= 0.6 is 0 Å². The first-order valence-corrected chi connectivity index (χ1v) is 14.0. The molecule has 0 fully saturated rings. The fourth-order valence-corrected chi connectivity index (χ4v) is 3.80. The van der Waals surface area contributed by atoms with Crippen LogP contribution in [-0.4, -0.2) is 68.8 Å². The smallest absolute Gasteiger partial charge is 0.328 e. The van der Waals surface area contributed by atoms with Gasteiger partial charge in [0.25, 0.3) is 0 Å². The number of rotatable bonds is 7. The number of aliphatic carboxylic acids is 4. The molecule has 47 heavy (non-hydrogen) atoms. The minimum Gasteiger partial charge on any atom is -0.478 e. The number of fused-ring (bicyclic) bond motifs is 1. The number of nitrogens with one attached hydrogen (secondary N) is 1. The van der Waals surface area contributed by atoms with Gasteiger partial charge in [0.2, 0.25) is 5.95 Å². The van der Waals surface area contributed by atoms with Crippen LogP contribution in [0.5, 0.6) is 0 Å². The summed E-state index contributed by atoms with van der Waals surface area (Å²) in [5.74, 6) is -4.02. The van der Waals surface area contributed by atoms with Crippen LogP contribution in [0.4, 0.5) is 10.3 Å². The van der Waals surface area contributed by atoms with Crippen molar-refractivity contribution in [3.63, 3.8) is 0 Å². The molecule has 7 N–H and O–H groups in total. The molecular weight excluding hydrogens is 615 g/mol. The third kappa shape index (κ3) is 11.9. The first kappa shape index (κ1) is 37.3. The summed E-state index contributed by atoms with van der Waals surface area (Å²) in [5.41, 5.74) is 10.6. The van der Waals surface area contributed by atoms with Crippen molar-refractivity contribution in [3.05, 3.63) is 72.3 Å². The monoisotopic (exact) mass is 652 g/mol. The van der Waals surface area contributed by atoms with E-state index in [0.717, 1.165) is 39.6 Å². The van der Waals surface area contributed by atoms with Crippen molar-refractivity contribution >= 4 is 41.0 Å². The summed E-state index contributed by atoms with van der Waals surface area (Å²) in [6.45, 7) is 13.4. The lowest BCUT2D eigenvalue weighted by Gasteiger charge is -2.19. The van der Waals surface area contributed by atoms with Crippen molar-refractivity contribution in [2.75, 3.05) is 5.73 Å². The van der Waals surface area contributed by atoms with Crippen molar-refractivity contribution in [2.24, 2.45) is 5.41 Å². The largest absolute Gasteiger partial charge is 0.478 e. The Morgan fingerprint density at radius 2 is 1.28 bits per heavy atom. The number of hydrogen-bond donors (Lipinski definition) is 6. The molecule has 0 aliphatic carbocycles. The van der Waals surface area contributed by atoms with E-state index in [9.17, 15) is 23.6 Å². The van der Waals surface area contributed by atoms with Crippen molar-refractivity contribution in [2.45, 2.75) is 53.5 Å². The first-order chi connectivity index (χ1) is 21.7. The molecule has 0 aliphatic rings. The predicted molar refractivity (Wildman–Crippen MR) is 172 cm³/mol. The average Bonchev–Trinajstić information content (AvgIpc) is 3.53. The Labute approximate surface area is 269 Å². The Morgan fingerprint density at radius 1 is 0.787 bits per heavy atom. The van der Waals surface area contributed by atoms with E-state index in [1.807, 2.05) is 16.7 Å². The van der Waals surface area contributed by atoms with E-state index in [4.69, 9.17) is 36.1 Å². The number of H-pyrrole nitrogens is 1. The highest BCUT2D eigenvalue weighted by Gasteiger charge is 2.24. The zero-order valence-electron chi connectivity index (χ0n) is 26.6. The van der Waals surface area contributed by atoms with Gasteiger partial charge in [-0.3, -0.25) is 4.57 Å². The summed E-state index contributed by atoms with van der Waals surface area (Å²) in [6.07, 6.45) is 2.23. The van der Waals surface area contributed by atoms with E-state index in [1.165, 1.54) is 12.1 Å². The highest BCUT2D eigenvalue weighted by Crippen LogP contribution is 2.34. The Hall–Kier alpha value is -5.86. The summed E-state index contributed by atoms with van der Waals surface area (Å²) < 4.78 is 15.5. The van der Waals surface area contributed by atoms with E-state index in [0.29, 0.717) is 36.8 Å². The maximum atomic E-state index is 13.5. The number of nitrogen functional groups attached to an aromatic ring is 1. The molecule has 4 aromatic rings. The Kier molecular flexibility index (Phi) is 12.3. The minimum absolute atomic E-state index is 0.0199. The molecule has 3 heterocycles. The van der Waals surface area contributed by atoms with Gasteiger partial charge in [-0.25, -0.2) is 38.5 Å². The molecule has 0 atom stereocenters. The fourth-order valence-electron chi connectivity index (χ4n) is 3.80. The van der Waals surface area contributed by atoms with Gasteiger partial charge in [0.05, 0.1) is 17.1 Å². The van der Waals surface area contributed by atoms with Crippen LogP contribution in [0.15, 0.2) is 60.7 Å². The normalized spacial score (nSPS) is 11.6. The van der Waals surface area contributed by atoms with Crippen molar-refractivity contribution < 1.29 is 44.0 Å². The number of carboxylic acid groups (broad SMARTS) is 4. The van der Waals surface area contributed by atoms with Crippen LogP contribution in [0.2, 0.25) is 0 Å². The van der Waals surface area contributed by atoms with Crippen LogP contribution in [0.1, 0.15) is 47.4 Å². The van der Waals surface area contributed by atoms with Crippen molar-refractivity contribution in [1.82, 2.24) is 24.5 Å². The number of hydrogen-bond acceptors (Lipinski definition) is 8. The lowest BCUT2D eigenvalue weighted by atomic mass is 9.96. The summed E-state index contributed by atoms with van der Waals surface area (Å²) >= 11 is 0. The number of carbonyl (C=O) groups is 4. The predicted octanol–water partition coefficient (Wildman–Crippen LogP) is 4.98. The third-order valence-electron chi connectivity index (χ3n) is 5.78. The lowest BCUT2D eigenvalue weighted by Crippen LogP contribution is -2.17. The van der Waals surface area contributed by atoms with Crippen molar-refractivity contribution in [1.29, 1.82) is 0 Å². The zero-order valence-corrected chi connectivity index (χ0v) is 26.6. The maximum absolute atomic E-state index is 13.5. The van der Waals surface area contributed by atoms with Crippen LogP contribution in [0.3, 0.4) is 0 Å². The second-order valence-electron chi connectivity index (χ2n) is 12.2. The van der Waals surface area contributed by atoms with E-state index in [2.05, 4.69) is 51.5 Å². The lowest BCUT2D eigenvalue weighted by molar-refractivity contribution is -0.134. The standard InChI is InChI=1S/C24H29FN6.2C4H4O4/c1-23(2,3)13-31-20-17(28-22(31)26)12-11-16(27-20)19-18(14-7-9-15(25)10-8-14)29-21(30-19)24(4,5)6;2*5-3(6)1-2-4(7)8/h7-12H,13H2,1-6H3,(H2,26,28)(H,29,30);2*1-2H,(H,5,6)(H,7,8)/b;2*2-1-. The van der Waals surface area contributed by atoms with Gasteiger partial charge in [-0.05, 0) is 41.8 Å². The van der Waals surface area contributed by atoms with Crippen molar-refractivity contribution in [3.8, 4) is 22.6 Å². The second-order valence-corrected chi connectivity index (χ2v) is 12.2. The highest BCUT2D eigenvalue weighted by atomic mass is 19.1. The number of benzene rings is 1. The van der Waals surface area contributed by atoms with Crippen LogP contribution in [0.25, 0.3) is 33.8 Å². The number of aromatic nitrogens is 5. The number of halogens is 1. The topological polar surface area (TPSA) is 235 Å². The molecule has 0 radical (unpaired) electrons. The molecule has 0 saturated heterocycles. The number of nitrogens with zero attached hydrogens (tertiary/aromatic N) is 4. The molecule has 4 rings (SSSR count).